The molecule has 34 heavy (non-hydrogen) atoms. The predicted molar refractivity (Wildman–Crippen MR) is 128 cm³/mol. The van der Waals surface area contributed by atoms with E-state index in [1.165, 1.54) is 4.90 Å². The standard InChI is InChI=1S/C24H26ClN5O4/c1-16-3-8-19(15-20(16)25)26-24(32)29(2)10-9-21-27-22(34-28-21)17-4-6-18(7-5-17)23(31)30-11-13-33-14-12-30/h3-8,15H,9-14H2,1-2H3,(H,26,32). The second-order valence-corrected chi connectivity index (χ2v) is 8.47. The van der Waals surface area contributed by atoms with Crippen LogP contribution in [0.2, 0.25) is 5.02 Å². The fourth-order valence-electron chi connectivity index (χ4n) is 3.44. The van der Waals surface area contributed by atoms with Crippen molar-refractivity contribution < 1.29 is 18.8 Å². The van der Waals surface area contributed by atoms with Gasteiger partial charge in [0.15, 0.2) is 5.82 Å². The number of ether oxygens (including phenoxy) is 1. The van der Waals surface area contributed by atoms with Gasteiger partial charge in [0.25, 0.3) is 11.8 Å². The topological polar surface area (TPSA) is 101 Å². The molecule has 10 heteroatoms. The Balaban J connectivity index is 1.31. The Kier molecular flexibility index (Phi) is 7.44. The summed E-state index contributed by atoms with van der Waals surface area (Å²) < 4.78 is 10.7. The van der Waals surface area contributed by atoms with Gasteiger partial charge in [0.2, 0.25) is 0 Å². The van der Waals surface area contributed by atoms with E-state index in [9.17, 15) is 9.59 Å². The Hall–Kier alpha value is -3.43. The maximum absolute atomic E-state index is 12.6. The zero-order valence-corrected chi connectivity index (χ0v) is 19.8. The number of amides is 3. The van der Waals surface area contributed by atoms with Crippen molar-refractivity contribution in [2.24, 2.45) is 0 Å². The summed E-state index contributed by atoms with van der Waals surface area (Å²) in [5.74, 6) is 0.832. The Morgan fingerprint density at radius 3 is 2.59 bits per heavy atom. The van der Waals surface area contributed by atoms with Crippen molar-refractivity contribution in [2.45, 2.75) is 13.3 Å². The molecule has 1 aliphatic rings. The van der Waals surface area contributed by atoms with Crippen molar-refractivity contribution in [1.29, 1.82) is 0 Å². The number of halogens is 1. The molecule has 1 aliphatic heterocycles. The Morgan fingerprint density at radius 2 is 1.88 bits per heavy atom. The van der Waals surface area contributed by atoms with Crippen LogP contribution in [0, 0.1) is 6.92 Å². The highest BCUT2D eigenvalue weighted by atomic mass is 35.5. The molecule has 0 radical (unpaired) electrons. The van der Waals surface area contributed by atoms with Crippen molar-refractivity contribution in [2.75, 3.05) is 45.2 Å². The van der Waals surface area contributed by atoms with Crippen LogP contribution in [-0.4, -0.2) is 71.8 Å². The van der Waals surface area contributed by atoms with Crippen LogP contribution in [0.15, 0.2) is 47.0 Å². The van der Waals surface area contributed by atoms with Gasteiger partial charge in [-0.15, -0.1) is 0 Å². The number of urea groups is 1. The van der Waals surface area contributed by atoms with Crippen LogP contribution >= 0.6 is 11.6 Å². The van der Waals surface area contributed by atoms with Crippen LogP contribution < -0.4 is 5.32 Å². The summed E-state index contributed by atoms with van der Waals surface area (Å²) in [6.07, 6.45) is 0.426. The zero-order chi connectivity index (χ0) is 24.1. The number of nitrogens with one attached hydrogen (secondary N) is 1. The largest absolute Gasteiger partial charge is 0.378 e. The molecule has 0 unspecified atom stereocenters. The maximum atomic E-state index is 12.6. The quantitative estimate of drug-likeness (QED) is 0.571. The number of hydrogen-bond acceptors (Lipinski definition) is 6. The molecule has 0 saturated carbocycles. The lowest BCUT2D eigenvalue weighted by molar-refractivity contribution is 0.0303. The Morgan fingerprint density at radius 1 is 1.15 bits per heavy atom. The van der Waals surface area contributed by atoms with Gasteiger partial charge in [-0.2, -0.15) is 4.98 Å². The number of carbonyl (C=O) groups is 2. The molecular weight excluding hydrogens is 458 g/mol. The van der Waals surface area contributed by atoms with Crippen molar-refractivity contribution in [1.82, 2.24) is 19.9 Å². The Labute approximate surface area is 202 Å². The molecule has 0 atom stereocenters. The summed E-state index contributed by atoms with van der Waals surface area (Å²) in [7, 11) is 1.69. The number of hydrogen-bond donors (Lipinski definition) is 1. The van der Waals surface area contributed by atoms with Crippen molar-refractivity contribution >= 4 is 29.2 Å². The van der Waals surface area contributed by atoms with E-state index in [4.69, 9.17) is 20.9 Å². The summed E-state index contributed by atoms with van der Waals surface area (Å²) in [5.41, 5.74) is 2.90. The molecule has 2 heterocycles. The van der Waals surface area contributed by atoms with E-state index in [2.05, 4.69) is 15.5 Å². The van der Waals surface area contributed by atoms with Crippen LogP contribution in [0.3, 0.4) is 0 Å². The molecule has 2 aromatic carbocycles. The molecule has 0 spiro atoms. The van der Waals surface area contributed by atoms with E-state index in [0.29, 0.717) is 67.3 Å². The second kappa shape index (κ2) is 10.7. The van der Waals surface area contributed by atoms with Gasteiger partial charge >= 0.3 is 6.03 Å². The number of nitrogens with zero attached hydrogens (tertiary/aromatic N) is 4. The number of likely N-dealkylation sites (N-methyl/N-ethyl adjacent to an activating group) is 1. The first-order chi connectivity index (χ1) is 16.4. The number of anilines is 1. The third-order valence-electron chi connectivity index (χ3n) is 5.59. The number of carbonyl (C=O) groups excluding carboxylic acids is 2. The first-order valence-corrected chi connectivity index (χ1v) is 11.4. The normalized spacial score (nSPS) is 13.6. The highest BCUT2D eigenvalue weighted by molar-refractivity contribution is 6.31. The van der Waals surface area contributed by atoms with Crippen LogP contribution in [0.5, 0.6) is 0 Å². The van der Waals surface area contributed by atoms with E-state index in [-0.39, 0.29) is 11.9 Å². The Bertz CT molecular complexity index is 1160. The molecule has 3 amide bonds. The summed E-state index contributed by atoms with van der Waals surface area (Å²) in [5, 5.41) is 7.42. The summed E-state index contributed by atoms with van der Waals surface area (Å²) in [4.78, 5) is 32.7. The molecule has 1 aromatic heterocycles. The zero-order valence-electron chi connectivity index (χ0n) is 19.1. The molecule has 3 aromatic rings. The third kappa shape index (κ3) is 5.73. The third-order valence-corrected chi connectivity index (χ3v) is 5.99. The van der Waals surface area contributed by atoms with E-state index in [0.717, 1.165) is 11.1 Å². The van der Waals surface area contributed by atoms with E-state index in [1.54, 1.807) is 48.3 Å². The van der Waals surface area contributed by atoms with Gasteiger partial charge in [0.1, 0.15) is 0 Å². The van der Waals surface area contributed by atoms with Gasteiger partial charge in [-0.3, -0.25) is 4.79 Å². The molecule has 178 valence electrons. The van der Waals surface area contributed by atoms with E-state index in [1.807, 2.05) is 13.0 Å². The van der Waals surface area contributed by atoms with Gasteiger partial charge in [-0.05, 0) is 48.9 Å². The van der Waals surface area contributed by atoms with Crippen LogP contribution in [-0.2, 0) is 11.2 Å². The van der Waals surface area contributed by atoms with Crippen molar-refractivity contribution in [3.63, 3.8) is 0 Å². The lowest BCUT2D eigenvalue weighted by Gasteiger charge is -2.26. The molecule has 1 fully saturated rings. The summed E-state index contributed by atoms with van der Waals surface area (Å²) in [6, 6.07) is 12.2. The molecule has 1 saturated heterocycles. The van der Waals surface area contributed by atoms with Gasteiger partial charge in [-0.25, -0.2) is 4.79 Å². The number of morpholine rings is 1. The van der Waals surface area contributed by atoms with Crippen LogP contribution in [0.4, 0.5) is 10.5 Å². The number of aryl methyl sites for hydroxylation is 1. The summed E-state index contributed by atoms with van der Waals surface area (Å²) >= 11 is 6.12. The minimum absolute atomic E-state index is 0.0182. The number of aromatic nitrogens is 2. The van der Waals surface area contributed by atoms with Crippen molar-refractivity contribution in [3.8, 4) is 11.5 Å². The fraction of sp³-hybridized carbons (Fsp3) is 0.333. The minimum Gasteiger partial charge on any atom is -0.378 e. The fourth-order valence-corrected chi connectivity index (χ4v) is 3.62. The first-order valence-electron chi connectivity index (χ1n) is 11.0. The lowest BCUT2D eigenvalue weighted by Crippen LogP contribution is -2.40. The number of benzene rings is 2. The lowest BCUT2D eigenvalue weighted by atomic mass is 10.1. The molecule has 1 N–H and O–H groups in total. The molecule has 4 rings (SSSR count). The molecular formula is C24H26ClN5O4. The molecule has 0 bridgehead atoms. The van der Waals surface area contributed by atoms with Crippen molar-refractivity contribution in [3.05, 3.63) is 64.4 Å². The van der Waals surface area contributed by atoms with Gasteiger partial charge < -0.3 is 24.4 Å². The smallest absolute Gasteiger partial charge is 0.321 e. The number of rotatable bonds is 6. The van der Waals surface area contributed by atoms with Crippen LogP contribution in [0.25, 0.3) is 11.5 Å². The molecule has 0 aliphatic carbocycles. The second-order valence-electron chi connectivity index (χ2n) is 8.06. The van der Waals surface area contributed by atoms with Gasteiger partial charge in [0, 0.05) is 54.9 Å². The first kappa shape index (κ1) is 23.7. The average Bonchev–Trinajstić information content (AvgIpc) is 3.34. The highest BCUT2D eigenvalue weighted by Crippen LogP contribution is 2.21. The van der Waals surface area contributed by atoms with E-state index < -0.39 is 0 Å². The SMILES string of the molecule is Cc1ccc(NC(=O)N(C)CCc2noc(-c3ccc(C(=O)N4CCOCC4)cc3)n2)cc1Cl. The average molecular weight is 484 g/mol. The predicted octanol–water partition coefficient (Wildman–Crippen LogP) is 3.88. The van der Waals surface area contributed by atoms with Gasteiger partial charge in [-0.1, -0.05) is 22.8 Å². The van der Waals surface area contributed by atoms with Crippen LogP contribution in [0.1, 0.15) is 21.7 Å². The maximum Gasteiger partial charge on any atom is 0.321 e. The monoisotopic (exact) mass is 483 g/mol. The highest BCUT2D eigenvalue weighted by Gasteiger charge is 2.19. The molecule has 9 nitrogen and oxygen atoms in total. The summed E-state index contributed by atoms with van der Waals surface area (Å²) in [6.45, 7) is 4.62. The van der Waals surface area contributed by atoms with E-state index >= 15 is 0 Å². The van der Waals surface area contributed by atoms with Gasteiger partial charge in [0.05, 0.1) is 13.2 Å². The minimum atomic E-state index is -0.260.